The molecule has 0 aliphatic heterocycles. The Labute approximate surface area is 129 Å². The van der Waals surface area contributed by atoms with Crippen LogP contribution in [0.3, 0.4) is 0 Å². The zero-order chi connectivity index (χ0) is 15.9. The predicted molar refractivity (Wildman–Crippen MR) is 85.7 cm³/mol. The van der Waals surface area contributed by atoms with E-state index in [0.29, 0.717) is 22.8 Å². The molecule has 2 rings (SSSR count). The van der Waals surface area contributed by atoms with Gasteiger partial charge in [-0.05, 0) is 37.3 Å². The Balaban J connectivity index is 2.14. The monoisotopic (exact) mass is 298 g/mol. The van der Waals surface area contributed by atoms with Crippen LogP contribution in [0.25, 0.3) is 0 Å². The van der Waals surface area contributed by atoms with Gasteiger partial charge in [0.2, 0.25) is 0 Å². The van der Waals surface area contributed by atoms with Crippen LogP contribution in [0.15, 0.2) is 53.6 Å². The second kappa shape index (κ2) is 7.26. The van der Waals surface area contributed by atoms with Gasteiger partial charge in [0, 0.05) is 11.1 Å². The van der Waals surface area contributed by atoms with E-state index in [1.807, 2.05) is 25.1 Å². The molecular formula is C17H18N2O3. The highest BCUT2D eigenvalue weighted by Crippen LogP contribution is 2.27. The van der Waals surface area contributed by atoms with Crippen molar-refractivity contribution < 1.29 is 14.3 Å². The van der Waals surface area contributed by atoms with Gasteiger partial charge in [0.05, 0.1) is 19.9 Å². The normalized spacial score (nSPS) is 11.0. The lowest BCUT2D eigenvalue weighted by Gasteiger charge is -2.09. The molecule has 1 N–H and O–H groups in total. The number of hydrogen-bond acceptors (Lipinski definition) is 4. The van der Waals surface area contributed by atoms with Crippen molar-refractivity contribution in [2.45, 2.75) is 6.92 Å². The highest BCUT2D eigenvalue weighted by atomic mass is 16.5. The third-order valence-electron chi connectivity index (χ3n) is 3.16. The van der Waals surface area contributed by atoms with Crippen LogP contribution in [0.1, 0.15) is 22.8 Å². The standard InChI is InChI=1S/C17H18N2O3/c1-12(14-9-10-15(21-2)16(11-14)22-3)18-19-17(20)13-7-5-4-6-8-13/h4-11H,1-3H3,(H,19,20). The number of carbonyl (C=O) groups is 1. The molecule has 0 saturated carbocycles. The molecule has 0 saturated heterocycles. The van der Waals surface area contributed by atoms with E-state index >= 15 is 0 Å². The summed E-state index contributed by atoms with van der Waals surface area (Å²) < 4.78 is 10.4. The lowest BCUT2D eigenvalue weighted by molar-refractivity contribution is 0.0955. The number of ether oxygens (including phenoxy) is 2. The maximum atomic E-state index is 11.9. The highest BCUT2D eigenvalue weighted by molar-refractivity contribution is 6.01. The molecule has 22 heavy (non-hydrogen) atoms. The van der Waals surface area contributed by atoms with Gasteiger partial charge in [-0.2, -0.15) is 5.10 Å². The number of nitrogens with zero attached hydrogens (tertiary/aromatic N) is 1. The second-order valence-electron chi connectivity index (χ2n) is 4.57. The van der Waals surface area contributed by atoms with Gasteiger partial charge < -0.3 is 9.47 Å². The second-order valence-corrected chi connectivity index (χ2v) is 4.57. The van der Waals surface area contributed by atoms with E-state index in [1.165, 1.54) is 0 Å². The average molecular weight is 298 g/mol. The Bertz CT molecular complexity index is 682. The molecule has 0 unspecified atom stereocenters. The molecule has 0 aromatic heterocycles. The number of benzene rings is 2. The summed E-state index contributed by atoms with van der Waals surface area (Å²) in [6.07, 6.45) is 0. The summed E-state index contributed by atoms with van der Waals surface area (Å²) in [6.45, 7) is 1.81. The molecule has 5 nitrogen and oxygen atoms in total. The van der Waals surface area contributed by atoms with Gasteiger partial charge in [-0.25, -0.2) is 5.43 Å². The lowest BCUT2D eigenvalue weighted by atomic mass is 10.1. The summed E-state index contributed by atoms with van der Waals surface area (Å²) in [4.78, 5) is 11.9. The van der Waals surface area contributed by atoms with E-state index in [-0.39, 0.29) is 5.91 Å². The van der Waals surface area contributed by atoms with Crippen LogP contribution in [-0.2, 0) is 0 Å². The van der Waals surface area contributed by atoms with Crippen LogP contribution < -0.4 is 14.9 Å². The topological polar surface area (TPSA) is 59.9 Å². The Morgan fingerprint density at radius 2 is 1.64 bits per heavy atom. The third kappa shape index (κ3) is 3.63. The minimum absolute atomic E-state index is 0.250. The number of amides is 1. The van der Waals surface area contributed by atoms with E-state index in [1.54, 1.807) is 44.6 Å². The number of methoxy groups -OCH3 is 2. The number of rotatable bonds is 5. The average Bonchev–Trinajstić information content (AvgIpc) is 2.59. The fraction of sp³-hybridized carbons (Fsp3) is 0.176. The first-order chi connectivity index (χ1) is 10.7. The number of hydrazone groups is 1. The predicted octanol–water partition coefficient (Wildman–Crippen LogP) is 2.86. The van der Waals surface area contributed by atoms with Crippen LogP contribution in [-0.4, -0.2) is 25.8 Å². The number of hydrogen-bond donors (Lipinski definition) is 1. The summed E-state index contributed by atoms with van der Waals surface area (Å²) >= 11 is 0. The van der Waals surface area contributed by atoms with Gasteiger partial charge in [0.25, 0.3) is 5.91 Å². The van der Waals surface area contributed by atoms with Crippen molar-refractivity contribution in [3.05, 3.63) is 59.7 Å². The zero-order valence-electron chi connectivity index (χ0n) is 12.8. The van der Waals surface area contributed by atoms with Crippen LogP contribution in [0.2, 0.25) is 0 Å². The largest absolute Gasteiger partial charge is 0.493 e. The van der Waals surface area contributed by atoms with E-state index in [0.717, 1.165) is 5.56 Å². The summed E-state index contributed by atoms with van der Waals surface area (Å²) in [5.41, 5.74) is 4.61. The summed E-state index contributed by atoms with van der Waals surface area (Å²) in [5.74, 6) is 1.01. The van der Waals surface area contributed by atoms with Crippen LogP contribution in [0.5, 0.6) is 11.5 Å². The highest BCUT2D eigenvalue weighted by Gasteiger charge is 2.07. The Hall–Kier alpha value is -2.82. The van der Waals surface area contributed by atoms with E-state index in [9.17, 15) is 4.79 Å². The third-order valence-corrected chi connectivity index (χ3v) is 3.16. The van der Waals surface area contributed by atoms with Crippen molar-refractivity contribution in [1.29, 1.82) is 0 Å². The fourth-order valence-electron chi connectivity index (χ4n) is 1.91. The molecule has 1 amide bonds. The first kappa shape index (κ1) is 15.6. The van der Waals surface area contributed by atoms with Gasteiger partial charge in [0.15, 0.2) is 11.5 Å². The van der Waals surface area contributed by atoms with Crippen LogP contribution >= 0.6 is 0 Å². The molecule has 0 heterocycles. The van der Waals surface area contributed by atoms with Crippen LogP contribution in [0.4, 0.5) is 0 Å². The molecule has 0 aliphatic rings. The van der Waals surface area contributed by atoms with Crippen molar-refractivity contribution in [1.82, 2.24) is 5.43 Å². The molecule has 0 radical (unpaired) electrons. The Kier molecular flexibility index (Phi) is 5.14. The quantitative estimate of drug-likeness (QED) is 0.682. The molecule has 0 bridgehead atoms. The minimum Gasteiger partial charge on any atom is -0.493 e. The molecule has 0 atom stereocenters. The van der Waals surface area contributed by atoms with Crippen molar-refractivity contribution >= 4 is 11.6 Å². The smallest absolute Gasteiger partial charge is 0.271 e. The van der Waals surface area contributed by atoms with Crippen molar-refractivity contribution in [3.63, 3.8) is 0 Å². The van der Waals surface area contributed by atoms with Gasteiger partial charge >= 0.3 is 0 Å². The first-order valence-electron chi connectivity index (χ1n) is 6.77. The van der Waals surface area contributed by atoms with E-state index in [4.69, 9.17) is 9.47 Å². The summed E-state index contributed by atoms with van der Waals surface area (Å²) in [5, 5.41) is 4.12. The Morgan fingerprint density at radius 1 is 0.955 bits per heavy atom. The zero-order valence-corrected chi connectivity index (χ0v) is 12.8. The van der Waals surface area contributed by atoms with Gasteiger partial charge in [-0.15, -0.1) is 0 Å². The Morgan fingerprint density at radius 3 is 2.27 bits per heavy atom. The number of carbonyl (C=O) groups excluding carboxylic acids is 1. The molecule has 0 aliphatic carbocycles. The van der Waals surface area contributed by atoms with E-state index < -0.39 is 0 Å². The van der Waals surface area contributed by atoms with Gasteiger partial charge in [-0.3, -0.25) is 4.79 Å². The maximum Gasteiger partial charge on any atom is 0.271 e. The SMILES string of the molecule is COc1ccc(C(C)=NNC(=O)c2ccccc2)cc1OC. The fourth-order valence-corrected chi connectivity index (χ4v) is 1.91. The maximum absolute atomic E-state index is 11.9. The molecular weight excluding hydrogens is 280 g/mol. The molecule has 0 spiro atoms. The van der Waals surface area contributed by atoms with Crippen molar-refractivity contribution in [2.24, 2.45) is 5.10 Å². The summed E-state index contributed by atoms with van der Waals surface area (Å²) in [7, 11) is 3.16. The van der Waals surface area contributed by atoms with Crippen LogP contribution in [0, 0.1) is 0 Å². The van der Waals surface area contributed by atoms with Gasteiger partial charge in [0.1, 0.15) is 0 Å². The van der Waals surface area contributed by atoms with Crippen molar-refractivity contribution in [3.8, 4) is 11.5 Å². The molecule has 2 aromatic carbocycles. The number of nitrogens with one attached hydrogen (secondary N) is 1. The lowest BCUT2D eigenvalue weighted by Crippen LogP contribution is -2.19. The molecule has 114 valence electrons. The van der Waals surface area contributed by atoms with Gasteiger partial charge in [-0.1, -0.05) is 18.2 Å². The summed E-state index contributed by atoms with van der Waals surface area (Å²) in [6, 6.07) is 14.4. The minimum atomic E-state index is -0.250. The van der Waals surface area contributed by atoms with E-state index in [2.05, 4.69) is 10.5 Å². The van der Waals surface area contributed by atoms with Crippen molar-refractivity contribution in [2.75, 3.05) is 14.2 Å². The molecule has 2 aromatic rings. The first-order valence-corrected chi connectivity index (χ1v) is 6.77. The molecule has 5 heteroatoms. The molecule has 0 fully saturated rings.